The van der Waals surface area contributed by atoms with Crippen LogP contribution in [-0.2, 0) is 13.6 Å². The third-order valence-corrected chi connectivity index (χ3v) is 2.85. The summed E-state index contributed by atoms with van der Waals surface area (Å²) in [7, 11) is 1.87. The zero-order valence-electron chi connectivity index (χ0n) is 10.5. The van der Waals surface area contributed by atoms with E-state index in [0.717, 1.165) is 23.1 Å². The lowest BCUT2D eigenvalue weighted by Gasteiger charge is -2.07. The lowest BCUT2D eigenvalue weighted by atomic mass is 10.2. The average molecular weight is 250 g/mol. The molecule has 2 heterocycles. The maximum atomic E-state index is 13.4. The molecule has 0 aliphatic carbocycles. The van der Waals surface area contributed by atoms with E-state index in [1.165, 1.54) is 0 Å². The number of hydrogen-bond donors (Lipinski definition) is 2. The van der Waals surface area contributed by atoms with Gasteiger partial charge in [-0.25, -0.2) is 9.37 Å². The zero-order valence-corrected chi connectivity index (χ0v) is 10.5. The third kappa shape index (κ3) is 2.24. The van der Waals surface area contributed by atoms with Gasteiger partial charge in [0.15, 0.2) is 11.6 Å². The lowest BCUT2D eigenvalue weighted by molar-refractivity contribution is 0.617. The second-order valence-electron chi connectivity index (χ2n) is 4.05. The highest BCUT2D eigenvalue weighted by molar-refractivity contribution is 5.41. The number of hydrogen-bond acceptors (Lipinski definition) is 5. The number of nitrogen functional groups attached to an aromatic ring is 1. The van der Waals surface area contributed by atoms with Gasteiger partial charge < -0.3 is 11.1 Å². The molecule has 96 valence electrons. The van der Waals surface area contributed by atoms with Crippen LogP contribution in [-0.4, -0.2) is 19.7 Å². The minimum Gasteiger partial charge on any atom is -0.368 e. The molecule has 0 radical (unpaired) electrons. The number of nitrogens with one attached hydrogen (secondary N) is 1. The Morgan fingerprint density at radius 1 is 1.44 bits per heavy atom. The van der Waals surface area contributed by atoms with Crippen LogP contribution in [0.5, 0.6) is 0 Å². The molecule has 0 fully saturated rings. The van der Waals surface area contributed by atoms with E-state index in [0.29, 0.717) is 6.54 Å². The molecule has 0 spiro atoms. The Balaban J connectivity index is 2.19. The summed E-state index contributed by atoms with van der Waals surface area (Å²) >= 11 is 0. The Kier molecular flexibility index (Phi) is 3.14. The lowest BCUT2D eigenvalue weighted by Crippen LogP contribution is -2.08. The Morgan fingerprint density at radius 3 is 2.78 bits per heavy atom. The highest BCUT2D eigenvalue weighted by atomic mass is 19.1. The maximum absolute atomic E-state index is 13.4. The Hall–Kier alpha value is -2.18. The van der Waals surface area contributed by atoms with Crippen molar-refractivity contribution in [1.29, 1.82) is 0 Å². The SMILES string of the molecule is Cc1nn(C)c(C)c1CNc1nc(N)ncc1F. The Bertz CT molecular complexity index is 577. The fraction of sp³-hybridized carbons (Fsp3) is 0.364. The average Bonchev–Trinajstić information content (AvgIpc) is 2.55. The first-order chi connectivity index (χ1) is 8.49. The van der Waals surface area contributed by atoms with Crippen LogP contribution in [0.15, 0.2) is 6.20 Å². The molecular formula is C11H15FN6. The fourth-order valence-electron chi connectivity index (χ4n) is 1.75. The molecular weight excluding hydrogens is 235 g/mol. The van der Waals surface area contributed by atoms with Crippen molar-refractivity contribution in [2.45, 2.75) is 20.4 Å². The van der Waals surface area contributed by atoms with Gasteiger partial charge in [0, 0.05) is 24.8 Å². The van der Waals surface area contributed by atoms with Crippen LogP contribution in [0.2, 0.25) is 0 Å². The van der Waals surface area contributed by atoms with E-state index in [-0.39, 0.29) is 11.8 Å². The van der Waals surface area contributed by atoms with Crippen molar-refractivity contribution in [3.05, 3.63) is 29.0 Å². The van der Waals surface area contributed by atoms with E-state index in [4.69, 9.17) is 5.73 Å². The van der Waals surface area contributed by atoms with Gasteiger partial charge in [-0.05, 0) is 13.8 Å². The van der Waals surface area contributed by atoms with Gasteiger partial charge in [-0.2, -0.15) is 10.1 Å². The van der Waals surface area contributed by atoms with Gasteiger partial charge in [0.2, 0.25) is 5.95 Å². The van der Waals surface area contributed by atoms with Crippen LogP contribution in [0.3, 0.4) is 0 Å². The van der Waals surface area contributed by atoms with Crippen LogP contribution in [0.25, 0.3) is 0 Å². The Labute approximate surface area is 104 Å². The molecule has 0 amide bonds. The number of halogens is 1. The second-order valence-corrected chi connectivity index (χ2v) is 4.05. The van der Waals surface area contributed by atoms with Crippen molar-refractivity contribution in [2.75, 3.05) is 11.1 Å². The molecule has 0 saturated carbocycles. The topological polar surface area (TPSA) is 81.7 Å². The molecule has 2 rings (SSSR count). The number of nitrogens with two attached hydrogens (primary N) is 1. The largest absolute Gasteiger partial charge is 0.368 e. The quantitative estimate of drug-likeness (QED) is 0.854. The molecule has 0 aliphatic rings. The van der Waals surface area contributed by atoms with Crippen molar-refractivity contribution in [1.82, 2.24) is 19.7 Å². The number of aromatic nitrogens is 4. The van der Waals surface area contributed by atoms with Crippen molar-refractivity contribution in [3.8, 4) is 0 Å². The number of rotatable bonds is 3. The molecule has 0 atom stereocenters. The van der Waals surface area contributed by atoms with Crippen molar-refractivity contribution in [3.63, 3.8) is 0 Å². The molecule has 2 aromatic heterocycles. The van der Waals surface area contributed by atoms with Gasteiger partial charge in [0.05, 0.1) is 11.9 Å². The van der Waals surface area contributed by atoms with Crippen molar-refractivity contribution < 1.29 is 4.39 Å². The van der Waals surface area contributed by atoms with E-state index in [1.807, 2.05) is 20.9 Å². The third-order valence-electron chi connectivity index (χ3n) is 2.85. The standard InChI is InChI=1S/C11H15FN6/c1-6-8(7(2)18(3)17-6)4-14-10-9(12)5-15-11(13)16-10/h5H,4H2,1-3H3,(H3,13,14,15,16). The van der Waals surface area contributed by atoms with E-state index in [2.05, 4.69) is 20.4 Å². The van der Waals surface area contributed by atoms with Crippen LogP contribution in [0, 0.1) is 19.7 Å². The van der Waals surface area contributed by atoms with Crippen LogP contribution in [0.4, 0.5) is 16.2 Å². The number of anilines is 2. The second kappa shape index (κ2) is 4.59. The first kappa shape index (κ1) is 12.3. The summed E-state index contributed by atoms with van der Waals surface area (Å²) in [6.45, 7) is 4.31. The molecule has 3 N–H and O–H groups in total. The summed E-state index contributed by atoms with van der Waals surface area (Å²) < 4.78 is 15.2. The molecule has 7 heteroatoms. The molecule has 0 saturated heterocycles. The van der Waals surface area contributed by atoms with Crippen molar-refractivity contribution in [2.24, 2.45) is 7.05 Å². The molecule has 0 bridgehead atoms. The predicted octanol–water partition coefficient (Wildman–Crippen LogP) is 1.16. The highest BCUT2D eigenvalue weighted by Gasteiger charge is 2.11. The smallest absolute Gasteiger partial charge is 0.222 e. The van der Waals surface area contributed by atoms with Gasteiger partial charge in [-0.3, -0.25) is 4.68 Å². The molecule has 0 aromatic carbocycles. The first-order valence-corrected chi connectivity index (χ1v) is 5.50. The summed E-state index contributed by atoms with van der Waals surface area (Å²) in [6, 6.07) is 0. The summed E-state index contributed by atoms with van der Waals surface area (Å²) in [5, 5.41) is 7.19. The minimum absolute atomic E-state index is 0.0403. The number of nitrogens with zero attached hydrogens (tertiary/aromatic N) is 4. The fourth-order valence-corrected chi connectivity index (χ4v) is 1.75. The van der Waals surface area contributed by atoms with Gasteiger partial charge >= 0.3 is 0 Å². The summed E-state index contributed by atoms with van der Waals surface area (Å²) in [5.74, 6) is -0.382. The van der Waals surface area contributed by atoms with E-state index >= 15 is 0 Å². The molecule has 6 nitrogen and oxygen atoms in total. The van der Waals surface area contributed by atoms with Gasteiger partial charge in [-0.15, -0.1) is 0 Å². The normalized spacial score (nSPS) is 10.7. The molecule has 2 aromatic rings. The minimum atomic E-state index is -0.525. The van der Waals surface area contributed by atoms with Crippen LogP contribution in [0.1, 0.15) is 17.0 Å². The maximum Gasteiger partial charge on any atom is 0.222 e. The van der Waals surface area contributed by atoms with E-state index in [9.17, 15) is 4.39 Å². The summed E-state index contributed by atoms with van der Waals surface area (Å²) in [6.07, 6.45) is 1.05. The van der Waals surface area contributed by atoms with Gasteiger partial charge in [0.25, 0.3) is 0 Å². The number of aryl methyl sites for hydroxylation is 2. The summed E-state index contributed by atoms with van der Waals surface area (Å²) in [4.78, 5) is 7.38. The molecule has 18 heavy (non-hydrogen) atoms. The summed E-state index contributed by atoms with van der Waals surface area (Å²) in [5.41, 5.74) is 8.37. The highest BCUT2D eigenvalue weighted by Crippen LogP contribution is 2.16. The monoisotopic (exact) mass is 250 g/mol. The van der Waals surface area contributed by atoms with E-state index in [1.54, 1.807) is 4.68 Å². The molecule has 0 aliphatic heterocycles. The van der Waals surface area contributed by atoms with Crippen molar-refractivity contribution >= 4 is 11.8 Å². The van der Waals surface area contributed by atoms with Crippen LogP contribution >= 0.6 is 0 Å². The molecule has 0 unspecified atom stereocenters. The Morgan fingerprint density at radius 2 is 2.17 bits per heavy atom. The van der Waals surface area contributed by atoms with E-state index < -0.39 is 5.82 Å². The first-order valence-electron chi connectivity index (χ1n) is 5.50. The zero-order chi connectivity index (χ0) is 13.3. The van der Waals surface area contributed by atoms with Gasteiger partial charge in [-0.1, -0.05) is 0 Å². The van der Waals surface area contributed by atoms with Crippen LogP contribution < -0.4 is 11.1 Å². The van der Waals surface area contributed by atoms with Gasteiger partial charge in [0.1, 0.15) is 0 Å². The predicted molar refractivity (Wildman–Crippen MR) is 66.4 cm³/mol.